The maximum Gasteiger partial charge on any atom is 0.290 e. The number of hydrogen-bond donors (Lipinski definition) is 3. The monoisotopic (exact) mass is 527 g/mol. The van der Waals surface area contributed by atoms with Gasteiger partial charge in [0.1, 0.15) is 17.3 Å². The summed E-state index contributed by atoms with van der Waals surface area (Å²) in [5, 5.41) is 24.5. The zero-order valence-corrected chi connectivity index (χ0v) is 21.7. The van der Waals surface area contributed by atoms with Crippen LogP contribution in [0, 0.1) is 13.8 Å². The Morgan fingerprint density at radius 2 is 1.84 bits per heavy atom. The number of amides is 3. The third kappa shape index (κ3) is 3.46. The first-order chi connectivity index (χ1) is 17.8. The maximum atomic E-state index is 15.2. The molecule has 0 spiro atoms. The van der Waals surface area contributed by atoms with Crippen molar-refractivity contribution in [2.75, 3.05) is 13.1 Å². The Kier molecular flexibility index (Phi) is 5.83. The normalized spacial score (nSPS) is 29.9. The number of phenols is 1. The fourth-order valence-corrected chi connectivity index (χ4v) is 6.31. The Morgan fingerprint density at radius 3 is 2.47 bits per heavy atom. The van der Waals surface area contributed by atoms with E-state index in [1.165, 1.54) is 13.0 Å². The van der Waals surface area contributed by atoms with Crippen LogP contribution >= 0.6 is 0 Å². The number of alkyl halides is 2. The van der Waals surface area contributed by atoms with Crippen LogP contribution < -0.4 is 5.32 Å². The van der Waals surface area contributed by atoms with Crippen molar-refractivity contribution in [2.24, 2.45) is 0 Å². The number of carbonyl (C=O) groups excluding carboxylic acids is 3. The molecule has 1 saturated carbocycles. The molecule has 2 aromatic rings. The molecule has 8 nitrogen and oxygen atoms in total. The molecule has 0 aromatic heterocycles. The van der Waals surface area contributed by atoms with Crippen molar-refractivity contribution >= 4 is 17.7 Å². The highest BCUT2D eigenvalue weighted by Crippen LogP contribution is 2.56. The van der Waals surface area contributed by atoms with Crippen molar-refractivity contribution < 1.29 is 33.4 Å². The fraction of sp³-hybridized carbons (Fsp3) is 0.464. The van der Waals surface area contributed by atoms with Gasteiger partial charge in [-0.3, -0.25) is 14.4 Å². The summed E-state index contributed by atoms with van der Waals surface area (Å²) in [7, 11) is 0. The number of aliphatic hydroxyl groups is 1. The Morgan fingerprint density at radius 1 is 1.18 bits per heavy atom. The lowest BCUT2D eigenvalue weighted by Gasteiger charge is -2.54. The number of hydrogen-bond acceptors (Lipinski definition) is 5. The number of benzene rings is 2. The molecule has 3 amide bonds. The molecule has 0 bridgehead atoms. The molecule has 38 heavy (non-hydrogen) atoms. The molecule has 2 heterocycles. The van der Waals surface area contributed by atoms with Gasteiger partial charge in [-0.05, 0) is 57.4 Å². The number of aryl methyl sites for hydroxylation is 1. The van der Waals surface area contributed by atoms with Crippen LogP contribution in [0.15, 0.2) is 42.5 Å². The maximum absolute atomic E-state index is 15.2. The molecule has 3 aliphatic rings. The number of β-lactam (4-membered cyclic amide) rings is 1. The summed E-state index contributed by atoms with van der Waals surface area (Å²) in [6.45, 7) is 5.22. The largest absolute Gasteiger partial charge is 0.508 e. The summed E-state index contributed by atoms with van der Waals surface area (Å²) in [6.07, 6.45) is -1.69. The van der Waals surface area contributed by atoms with E-state index in [2.05, 4.69) is 5.32 Å². The quantitative estimate of drug-likeness (QED) is 0.500. The number of likely N-dealkylation sites (tertiary alicyclic amines) is 2. The molecule has 202 valence electrons. The molecule has 0 radical (unpaired) electrons. The van der Waals surface area contributed by atoms with Crippen molar-refractivity contribution in [3.8, 4) is 5.75 Å². The summed E-state index contributed by atoms with van der Waals surface area (Å²) in [5.41, 5.74) is -1.43. The molecular formula is C28H31F2N3O5. The van der Waals surface area contributed by atoms with Crippen LogP contribution in [0.2, 0.25) is 0 Å². The van der Waals surface area contributed by atoms with Crippen molar-refractivity contribution in [3.63, 3.8) is 0 Å². The van der Waals surface area contributed by atoms with E-state index in [0.29, 0.717) is 11.1 Å². The number of aliphatic hydroxyl groups excluding tert-OH is 1. The smallest absolute Gasteiger partial charge is 0.290 e. The van der Waals surface area contributed by atoms with Crippen molar-refractivity contribution in [1.29, 1.82) is 0 Å². The lowest BCUT2D eigenvalue weighted by Crippen LogP contribution is -2.78. The Bertz CT molecular complexity index is 1340. The van der Waals surface area contributed by atoms with Crippen LogP contribution in [0.4, 0.5) is 8.78 Å². The number of rotatable bonds is 6. The highest BCUT2D eigenvalue weighted by atomic mass is 19.3. The molecule has 5 rings (SSSR count). The Hall–Kier alpha value is -3.53. The average molecular weight is 528 g/mol. The van der Waals surface area contributed by atoms with Gasteiger partial charge < -0.3 is 25.3 Å². The van der Waals surface area contributed by atoms with Gasteiger partial charge in [-0.1, -0.05) is 30.3 Å². The van der Waals surface area contributed by atoms with Crippen molar-refractivity contribution in [1.82, 2.24) is 15.1 Å². The van der Waals surface area contributed by atoms with Crippen LogP contribution in [-0.2, 0) is 9.59 Å². The SMILES string of the molecule is CCN1C(=O)[C@H]2N(C(=O)[C@@H](O)C3(NC(=O)c4cc(C)cc(O)c4C)CC3c3ccccc3)CC(F)(F)C21C. The number of fused-ring (bicyclic) bond motifs is 1. The van der Waals surface area contributed by atoms with Gasteiger partial charge in [0.25, 0.3) is 17.7 Å². The minimum Gasteiger partial charge on any atom is -0.508 e. The second-order valence-electron chi connectivity index (χ2n) is 10.8. The van der Waals surface area contributed by atoms with E-state index >= 15 is 8.78 Å². The van der Waals surface area contributed by atoms with Crippen molar-refractivity contribution in [3.05, 3.63) is 64.7 Å². The average Bonchev–Trinajstić information content (AvgIpc) is 3.56. The predicted octanol–water partition coefficient (Wildman–Crippen LogP) is 2.49. The number of likely N-dealkylation sites (N-methyl/N-ethyl adjacent to an activating group) is 1. The van der Waals surface area contributed by atoms with E-state index < -0.39 is 59.3 Å². The minimum absolute atomic E-state index is 0.0706. The van der Waals surface area contributed by atoms with Crippen LogP contribution in [-0.4, -0.2) is 80.0 Å². The fourth-order valence-electron chi connectivity index (χ4n) is 6.31. The second kappa shape index (κ2) is 8.49. The number of halogens is 2. The first-order valence-electron chi connectivity index (χ1n) is 12.7. The molecule has 10 heteroatoms. The topological polar surface area (TPSA) is 110 Å². The lowest BCUT2D eigenvalue weighted by molar-refractivity contribution is -0.190. The van der Waals surface area contributed by atoms with E-state index in [1.54, 1.807) is 57.2 Å². The summed E-state index contributed by atoms with van der Waals surface area (Å²) in [4.78, 5) is 41.7. The number of nitrogens with one attached hydrogen (secondary N) is 1. The highest BCUT2D eigenvalue weighted by molar-refractivity contribution is 6.00. The first-order valence-corrected chi connectivity index (χ1v) is 12.7. The minimum atomic E-state index is -3.37. The zero-order chi connectivity index (χ0) is 27.8. The van der Waals surface area contributed by atoms with Gasteiger partial charge in [-0.15, -0.1) is 0 Å². The molecule has 1 aliphatic carbocycles. The van der Waals surface area contributed by atoms with Crippen LogP contribution in [0.3, 0.4) is 0 Å². The first kappa shape index (κ1) is 26.1. The number of carbonyl (C=O) groups is 3. The lowest BCUT2D eigenvalue weighted by atomic mass is 9.78. The van der Waals surface area contributed by atoms with Crippen LogP contribution in [0.1, 0.15) is 53.2 Å². The van der Waals surface area contributed by atoms with Crippen LogP contribution in [0.5, 0.6) is 5.75 Å². The molecule has 2 aliphatic heterocycles. The van der Waals surface area contributed by atoms with E-state index in [-0.39, 0.29) is 24.3 Å². The van der Waals surface area contributed by atoms with E-state index in [0.717, 1.165) is 15.4 Å². The second-order valence-corrected chi connectivity index (χ2v) is 10.8. The van der Waals surface area contributed by atoms with Gasteiger partial charge in [0, 0.05) is 23.6 Å². The summed E-state index contributed by atoms with van der Waals surface area (Å²) in [6, 6.07) is 10.7. The van der Waals surface area contributed by atoms with E-state index in [9.17, 15) is 24.6 Å². The molecule has 2 aromatic carbocycles. The number of aromatic hydroxyl groups is 1. The van der Waals surface area contributed by atoms with Gasteiger partial charge in [0.2, 0.25) is 5.91 Å². The van der Waals surface area contributed by atoms with Gasteiger partial charge in [-0.25, -0.2) is 8.78 Å². The van der Waals surface area contributed by atoms with Gasteiger partial charge >= 0.3 is 0 Å². The standard InChI is InChI=1S/C28H31F2N3O5/c1-5-33-24(37)21-26(33,4)28(29,30)14-32(21)25(38)22(35)27(13-19(27)17-9-7-6-8-10-17)31-23(36)18-11-15(2)12-20(34)16(18)3/h6-12,19,21-22,34-35H,5,13-14H2,1-4H3,(H,31,36)/t19?,21-,22-,26?,27?/m1/s1. The summed E-state index contributed by atoms with van der Waals surface area (Å²) >= 11 is 0. The van der Waals surface area contributed by atoms with Crippen LogP contribution in [0.25, 0.3) is 0 Å². The van der Waals surface area contributed by atoms with E-state index in [4.69, 9.17) is 0 Å². The van der Waals surface area contributed by atoms with Gasteiger partial charge in [-0.2, -0.15) is 0 Å². The predicted molar refractivity (Wildman–Crippen MR) is 134 cm³/mol. The summed E-state index contributed by atoms with van der Waals surface area (Å²) < 4.78 is 30.3. The molecule has 5 atom stereocenters. The van der Waals surface area contributed by atoms with E-state index in [1.807, 2.05) is 0 Å². The number of nitrogens with zero attached hydrogens (tertiary/aromatic N) is 2. The Labute approximate surface area is 219 Å². The number of phenolic OH excluding ortho intramolecular Hbond substituents is 1. The molecule has 3 fully saturated rings. The molecule has 3 unspecified atom stereocenters. The Balaban J connectivity index is 1.49. The highest BCUT2D eigenvalue weighted by Gasteiger charge is 2.77. The molecular weight excluding hydrogens is 496 g/mol. The summed E-state index contributed by atoms with van der Waals surface area (Å²) in [5.74, 6) is -6.13. The molecule has 3 N–H and O–H groups in total. The third-order valence-corrected chi connectivity index (χ3v) is 8.66. The molecule has 2 saturated heterocycles. The van der Waals surface area contributed by atoms with Gasteiger partial charge in [0.15, 0.2) is 6.10 Å². The third-order valence-electron chi connectivity index (χ3n) is 8.66. The van der Waals surface area contributed by atoms with Gasteiger partial charge in [0.05, 0.1) is 12.1 Å². The zero-order valence-electron chi connectivity index (χ0n) is 21.7. The van der Waals surface area contributed by atoms with Crippen molar-refractivity contribution in [2.45, 2.75) is 69.2 Å².